The molecule has 1 radical (unpaired) electrons. The molecule has 1 aromatic rings. The van der Waals surface area contributed by atoms with Gasteiger partial charge in [-0.15, -0.1) is 6.58 Å². The van der Waals surface area contributed by atoms with Crippen molar-refractivity contribution >= 4 is 11.6 Å². The van der Waals surface area contributed by atoms with Crippen molar-refractivity contribution in [1.29, 1.82) is 0 Å². The third-order valence-electron chi connectivity index (χ3n) is 2.36. The Morgan fingerprint density at radius 1 is 1.36 bits per heavy atom. The van der Waals surface area contributed by atoms with Gasteiger partial charge in [-0.3, -0.25) is 0 Å². The number of halogens is 1. The zero-order chi connectivity index (χ0) is 10.7. The zero-order valence-corrected chi connectivity index (χ0v) is 9.51. The first-order valence-corrected chi connectivity index (χ1v) is 5.19. The van der Waals surface area contributed by atoms with Gasteiger partial charge in [-0.25, -0.2) is 0 Å². The highest BCUT2D eigenvalue weighted by atomic mass is 35.5. The second-order valence-corrected chi connectivity index (χ2v) is 4.19. The molecule has 1 atom stereocenters. The number of rotatable bonds is 3. The van der Waals surface area contributed by atoms with Crippen LogP contribution in [-0.2, 0) is 0 Å². The molecule has 0 heterocycles. The van der Waals surface area contributed by atoms with Crippen LogP contribution in [0.25, 0.3) is 0 Å². The normalized spacial score (nSPS) is 12.9. The topological polar surface area (TPSA) is 0 Å². The first-order valence-electron chi connectivity index (χ1n) is 4.81. The van der Waals surface area contributed by atoms with Gasteiger partial charge in [0.1, 0.15) is 0 Å². The highest BCUT2D eigenvalue weighted by molar-refractivity contribution is 6.31. The predicted octanol–water partition coefficient (Wildman–Crippen LogP) is 4.57. The molecule has 0 aliphatic heterocycles. The molecule has 1 aromatic carbocycles. The number of hydrogen-bond donors (Lipinski definition) is 0. The number of allylic oxidation sites excluding steroid dienone is 1. The largest absolute Gasteiger partial charge is 0.102 e. The van der Waals surface area contributed by atoms with E-state index in [0.717, 1.165) is 10.6 Å². The van der Waals surface area contributed by atoms with E-state index in [4.69, 9.17) is 11.6 Å². The summed E-state index contributed by atoms with van der Waals surface area (Å²) >= 11 is 6.16. The van der Waals surface area contributed by atoms with Crippen LogP contribution in [0.3, 0.4) is 0 Å². The predicted molar refractivity (Wildman–Crippen MR) is 63.8 cm³/mol. The molecule has 0 saturated carbocycles. The van der Waals surface area contributed by atoms with Crippen LogP contribution < -0.4 is 0 Å². The smallest absolute Gasteiger partial charge is 0.0443 e. The standard InChI is InChI=1S/C13H16Cl/c1-5-10(4)11-6-7-12(9(2)3)13(14)8-11/h5-10H,1,4H2,2-3H3. The van der Waals surface area contributed by atoms with Crippen molar-refractivity contribution in [3.63, 3.8) is 0 Å². The van der Waals surface area contributed by atoms with Crippen LogP contribution in [0.15, 0.2) is 30.9 Å². The molecule has 1 rings (SSSR count). The Hall–Kier alpha value is -0.750. The van der Waals surface area contributed by atoms with Crippen molar-refractivity contribution in [2.75, 3.05) is 0 Å². The van der Waals surface area contributed by atoms with Crippen LogP contribution in [0, 0.1) is 6.92 Å². The van der Waals surface area contributed by atoms with Crippen molar-refractivity contribution in [2.24, 2.45) is 0 Å². The van der Waals surface area contributed by atoms with Crippen LogP contribution in [0.4, 0.5) is 0 Å². The lowest BCUT2D eigenvalue weighted by molar-refractivity contribution is 0.864. The molecule has 0 saturated heterocycles. The summed E-state index contributed by atoms with van der Waals surface area (Å²) in [5.74, 6) is 0.581. The van der Waals surface area contributed by atoms with Crippen LogP contribution in [-0.4, -0.2) is 0 Å². The van der Waals surface area contributed by atoms with Crippen molar-refractivity contribution in [3.8, 4) is 0 Å². The first-order chi connectivity index (χ1) is 6.56. The SMILES string of the molecule is [CH2]C(C=C)c1ccc(C(C)C)c(Cl)c1. The molecule has 0 aliphatic carbocycles. The Balaban J connectivity index is 3.06. The van der Waals surface area contributed by atoms with Gasteiger partial charge in [0.15, 0.2) is 0 Å². The summed E-state index contributed by atoms with van der Waals surface area (Å²) in [5.41, 5.74) is 2.31. The summed E-state index contributed by atoms with van der Waals surface area (Å²) in [6.07, 6.45) is 1.82. The molecule has 0 N–H and O–H groups in total. The fraction of sp³-hybridized carbons (Fsp3) is 0.308. The average Bonchev–Trinajstić information content (AvgIpc) is 2.15. The van der Waals surface area contributed by atoms with E-state index in [9.17, 15) is 0 Å². The van der Waals surface area contributed by atoms with E-state index in [2.05, 4.69) is 39.5 Å². The fourth-order valence-electron chi connectivity index (χ4n) is 1.38. The molecule has 0 bridgehead atoms. The molecule has 0 amide bonds. The zero-order valence-electron chi connectivity index (χ0n) is 8.76. The Morgan fingerprint density at radius 3 is 2.43 bits per heavy atom. The fourth-order valence-corrected chi connectivity index (χ4v) is 1.79. The van der Waals surface area contributed by atoms with E-state index in [1.807, 2.05) is 12.1 Å². The lowest BCUT2D eigenvalue weighted by Gasteiger charge is -2.12. The van der Waals surface area contributed by atoms with E-state index in [0.29, 0.717) is 5.92 Å². The molecule has 0 spiro atoms. The van der Waals surface area contributed by atoms with E-state index in [1.165, 1.54) is 5.56 Å². The average molecular weight is 208 g/mol. The Bertz CT molecular complexity index is 326. The van der Waals surface area contributed by atoms with Gasteiger partial charge in [0.2, 0.25) is 0 Å². The maximum absolute atomic E-state index is 6.16. The second kappa shape index (κ2) is 4.65. The van der Waals surface area contributed by atoms with Gasteiger partial charge in [-0.1, -0.05) is 43.7 Å². The Kier molecular flexibility index (Phi) is 3.77. The van der Waals surface area contributed by atoms with Crippen molar-refractivity contribution in [2.45, 2.75) is 25.7 Å². The van der Waals surface area contributed by atoms with Gasteiger partial charge in [-0.05, 0) is 30.0 Å². The summed E-state index contributed by atoms with van der Waals surface area (Å²) in [6, 6.07) is 6.13. The van der Waals surface area contributed by atoms with Gasteiger partial charge in [0.05, 0.1) is 0 Å². The molecule has 0 aliphatic rings. The van der Waals surface area contributed by atoms with Gasteiger partial charge in [0, 0.05) is 10.9 Å². The van der Waals surface area contributed by atoms with Crippen LogP contribution in [0.2, 0.25) is 5.02 Å². The highest BCUT2D eigenvalue weighted by Crippen LogP contribution is 2.28. The summed E-state index contributed by atoms with van der Waals surface area (Å²) in [6.45, 7) is 12.0. The maximum atomic E-state index is 6.16. The molecular formula is C13H16Cl. The molecule has 1 unspecified atom stereocenters. The minimum absolute atomic E-state index is 0.119. The summed E-state index contributed by atoms with van der Waals surface area (Å²) < 4.78 is 0. The maximum Gasteiger partial charge on any atom is 0.0443 e. The third-order valence-corrected chi connectivity index (χ3v) is 2.69. The summed E-state index contributed by atoms with van der Waals surface area (Å²) in [5, 5.41) is 0.827. The number of hydrogen-bond acceptors (Lipinski definition) is 0. The van der Waals surface area contributed by atoms with E-state index < -0.39 is 0 Å². The van der Waals surface area contributed by atoms with Crippen LogP contribution >= 0.6 is 11.6 Å². The molecule has 14 heavy (non-hydrogen) atoms. The highest BCUT2D eigenvalue weighted by Gasteiger charge is 2.07. The summed E-state index contributed by atoms with van der Waals surface area (Å²) in [7, 11) is 0. The lowest BCUT2D eigenvalue weighted by Crippen LogP contribution is -1.93. The molecule has 0 fully saturated rings. The Morgan fingerprint density at radius 2 is 2.00 bits per heavy atom. The third kappa shape index (κ3) is 2.39. The van der Waals surface area contributed by atoms with Crippen LogP contribution in [0.5, 0.6) is 0 Å². The minimum atomic E-state index is 0.119. The second-order valence-electron chi connectivity index (χ2n) is 3.78. The first kappa shape index (κ1) is 11.3. The van der Waals surface area contributed by atoms with E-state index in [1.54, 1.807) is 0 Å². The quantitative estimate of drug-likeness (QED) is 0.638. The van der Waals surface area contributed by atoms with Gasteiger partial charge < -0.3 is 0 Å². The Labute approximate surface area is 91.6 Å². The van der Waals surface area contributed by atoms with E-state index >= 15 is 0 Å². The molecular weight excluding hydrogens is 192 g/mol. The molecule has 0 aromatic heterocycles. The minimum Gasteiger partial charge on any atom is -0.102 e. The summed E-state index contributed by atoms with van der Waals surface area (Å²) in [4.78, 5) is 0. The monoisotopic (exact) mass is 207 g/mol. The van der Waals surface area contributed by atoms with Crippen molar-refractivity contribution < 1.29 is 0 Å². The van der Waals surface area contributed by atoms with Crippen molar-refractivity contribution in [3.05, 3.63) is 53.9 Å². The molecule has 0 nitrogen and oxygen atoms in total. The van der Waals surface area contributed by atoms with E-state index in [-0.39, 0.29) is 5.92 Å². The molecule has 1 heteroatoms. The molecule has 75 valence electrons. The lowest BCUT2D eigenvalue weighted by atomic mass is 9.96. The van der Waals surface area contributed by atoms with Gasteiger partial charge in [0.25, 0.3) is 0 Å². The van der Waals surface area contributed by atoms with Gasteiger partial charge >= 0.3 is 0 Å². The van der Waals surface area contributed by atoms with Crippen LogP contribution in [0.1, 0.15) is 36.8 Å². The van der Waals surface area contributed by atoms with Crippen molar-refractivity contribution in [1.82, 2.24) is 0 Å². The van der Waals surface area contributed by atoms with Gasteiger partial charge in [-0.2, -0.15) is 0 Å². The number of benzene rings is 1.